The highest BCUT2D eigenvalue weighted by Gasteiger charge is 2.42. The van der Waals surface area contributed by atoms with Crippen molar-refractivity contribution in [3.8, 4) is 23.1 Å². The number of halogens is 6. The van der Waals surface area contributed by atoms with E-state index in [-0.39, 0.29) is 29.3 Å². The van der Waals surface area contributed by atoms with Gasteiger partial charge in [0, 0.05) is 5.56 Å². The molecule has 0 fully saturated rings. The first-order valence-corrected chi connectivity index (χ1v) is 14.6. The Labute approximate surface area is 271 Å². The van der Waals surface area contributed by atoms with Crippen molar-refractivity contribution in [2.45, 2.75) is 24.5 Å². The molecule has 0 spiro atoms. The summed E-state index contributed by atoms with van der Waals surface area (Å²) in [4.78, 5) is 1.35. The maximum Gasteiger partial charge on any atom is 0.416 e. The van der Waals surface area contributed by atoms with Crippen molar-refractivity contribution in [1.82, 2.24) is 15.0 Å². The van der Waals surface area contributed by atoms with Crippen LogP contribution in [0.4, 0.5) is 26.3 Å². The van der Waals surface area contributed by atoms with Gasteiger partial charge in [-0.2, -0.15) is 41.5 Å². The summed E-state index contributed by atoms with van der Waals surface area (Å²) in [5, 5.41) is 19.5. The lowest BCUT2D eigenvalue weighted by Gasteiger charge is -2.34. The normalized spacial score (nSPS) is 12.0. The molecular weight excluding hydrogens is 630 g/mol. The second-order valence-corrected chi connectivity index (χ2v) is 10.8. The Morgan fingerprint density at radius 2 is 1.08 bits per heavy atom. The zero-order valence-corrected chi connectivity index (χ0v) is 24.9. The van der Waals surface area contributed by atoms with Crippen LogP contribution in [-0.4, -0.2) is 15.0 Å². The fourth-order valence-electron chi connectivity index (χ4n) is 5.55. The molecule has 0 atom stereocenters. The maximum atomic E-state index is 14.2. The average Bonchev–Trinajstić information content (AvgIpc) is 3.53. The number of rotatable bonds is 8. The van der Waals surface area contributed by atoms with E-state index in [0.717, 1.165) is 41.0 Å². The summed E-state index contributed by atoms with van der Waals surface area (Å²) in [5.74, 6) is -0.224. The molecule has 6 aromatic rings. The number of alkyl halides is 6. The SMILES string of the molecule is N#Cc1nn(C(c2ccccc2)(c2ccccc2)c2ccccc2)nc1-c1cc(OCc2ccc(C(F)(F)F)cc2)cc(C(F)(F)F)c1. The molecule has 0 saturated carbocycles. The minimum absolute atomic E-state index is 0.0851. The third kappa shape index (κ3) is 6.25. The van der Waals surface area contributed by atoms with Crippen molar-refractivity contribution in [2.24, 2.45) is 0 Å². The second-order valence-electron chi connectivity index (χ2n) is 10.8. The fourth-order valence-corrected chi connectivity index (χ4v) is 5.55. The van der Waals surface area contributed by atoms with Gasteiger partial charge in [-0.1, -0.05) is 103 Å². The van der Waals surface area contributed by atoms with Crippen LogP contribution in [0.3, 0.4) is 0 Å². The quantitative estimate of drug-likeness (QED) is 0.121. The standard InChI is InChI=1S/C37H24F6N4O/c38-36(39,40)30-18-16-25(17-19-30)24-48-32-21-26(20-31(22-32)37(41,42)43)34-33(23-44)45-47(46-34)35(27-10-4-1-5-11-27,28-12-6-2-7-13-28)29-14-8-3-9-15-29/h1-22H,24H2. The van der Waals surface area contributed by atoms with Crippen LogP contribution in [0.1, 0.15) is 39.1 Å². The monoisotopic (exact) mass is 654 g/mol. The van der Waals surface area contributed by atoms with Gasteiger partial charge < -0.3 is 4.74 Å². The lowest BCUT2D eigenvalue weighted by molar-refractivity contribution is -0.138. The zero-order valence-electron chi connectivity index (χ0n) is 24.9. The molecule has 0 saturated heterocycles. The predicted octanol–water partition coefficient (Wildman–Crippen LogP) is 9.27. The van der Waals surface area contributed by atoms with Gasteiger partial charge in [0.25, 0.3) is 0 Å². The van der Waals surface area contributed by atoms with Crippen LogP contribution in [0.15, 0.2) is 133 Å². The Morgan fingerprint density at radius 3 is 1.54 bits per heavy atom. The first-order chi connectivity index (χ1) is 23.0. The topological polar surface area (TPSA) is 63.7 Å². The van der Waals surface area contributed by atoms with Crippen LogP contribution in [0.5, 0.6) is 5.75 Å². The zero-order chi connectivity index (χ0) is 33.9. The number of benzene rings is 5. The van der Waals surface area contributed by atoms with E-state index in [1.807, 2.05) is 97.1 Å². The third-order valence-corrected chi connectivity index (χ3v) is 7.79. The minimum Gasteiger partial charge on any atom is -0.489 e. The van der Waals surface area contributed by atoms with Crippen LogP contribution in [-0.2, 0) is 24.5 Å². The number of nitrogens with zero attached hydrogens (tertiary/aromatic N) is 4. The van der Waals surface area contributed by atoms with Crippen LogP contribution >= 0.6 is 0 Å². The Bertz CT molecular complexity index is 1960. The highest BCUT2D eigenvalue weighted by Crippen LogP contribution is 2.42. The Balaban J connectivity index is 1.50. The van der Waals surface area contributed by atoms with Gasteiger partial charge in [0.15, 0.2) is 11.2 Å². The molecule has 6 rings (SSSR count). The summed E-state index contributed by atoms with van der Waals surface area (Å²) in [6.45, 7) is -0.310. The van der Waals surface area contributed by atoms with E-state index in [1.165, 1.54) is 23.0 Å². The molecular formula is C37H24F6N4O. The fraction of sp³-hybridized carbons (Fsp3) is 0.108. The Hall–Kier alpha value is -5.89. The van der Waals surface area contributed by atoms with Crippen molar-refractivity contribution in [3.63, 3.8) is 0 Å². The van der Waals surface area contributed by atoms with Gasteiger partial charge in [-0.15, -0.1) is 5.10 Å². The molecule has 0 aliphatic carbocycles. The molecule has 0 radical (unpaired) electrons. The van der Waals surface area contributed by atoms with E-state index in [1.54, 1.807) is 0 Å². The highest BCUT2D eigenvalue weighted by molar-refractivity contribution is 5.67. The largest absolute Gasteiger partial charge is 0.489 e. The number of ether oxygens (including phenoxy) is 1. The molecule has 11 heteroatoms. The summed E-state index contributed by atoms with van der Waals surface area (Å²) in [5.41, 5.74) is -1.09. The summed E-state index contributed by atoms with van der Waals surface area (Å²) >= 11 is 0. The van der Waals surface area contributed by atoms with Crippen molar-refractivity contribution < 1.29 is 31.1 Å². The molecule has 0 amide bonds. The summed E-state index contributed by atoms with van der Waals surface area (Å²) in [6, 6.07) is 36.9. The number of hydrogen-bond acceptors (Lipinski definition) is 4. The highest BCUT2D eigenvalue weighted by atomic mass is 19.4. The smallest absolute Gasteiger partial charge is 0.416 e. The molecule has 5 nitrogen and oxygen atoms in total. The van der Waals surface area contributed by atoms with Gasteiger partial charge in [-0.3, -0.25) is 0 Å². The maximum absolute atomic E-state index is 14.2. The van der Waals surface area contributed by atoms with E-state index >= 15 is 0 Å². The molecule has 5 aromatic carbocycles. The van der Waals surface area contributed by atoms with Gasteiger partial charge in [-0.05, 0) is 52.6 Å². The molecule has 0 aliphatic rings. The van der Waals surface area contributed by atoms with Gasteiger partial charge in [0.05, 0.1) is 11.1 Å². The molecule has 1 aromatic heterocycles. The first-order valence-electron chi connectivity index (χ1n) is 14.6. The van der Waals surface area contributed by atoms with Crippen LogP contribution in [0.2, 0.25) is 0 Å². The van der Waals surface area contributed by atoms with Crippen molar-refractivity contribution in [3.05, 3.63) is 173 Å². The molecule has 0 bridgehead atoms. The van der Waals surface area contributed by atoms with E-state index in [2.05, 4.69) is 5.10 Å². The van der Waals surface area contributed by atoms with E-state index < -0.39 is 29.0 Å². The van der Waals surface area contributed by atoms with E-state index in [9.17, 15) is 31.6 Å². The second kappa shape index (κ2) is 12.7. The van der Waals surface area contributed by atoms with Crippen LogP contribution in [0, 0.1) is 11.3 Å². The van der Waals surface area contributed by atoms with E-state index in [4.69, 9.17) is 9.84 Å². The molecule has 240 valence electrons. The number of hydrogen-bond donors (Lipinski definition) is 0. The molecule has 48 heavy (non-hydrogen) atoms. The van der Waals surface area contributed by atoms with Crippen LogP contribution < -0.4 is 4.74 Å². The van der Waals surface area contributed by atoms with Gasteiger partial charge in [0.1, 0.15) is 24.1 Å². The Kier molecular flexibility index (Phi) is 8.50. The molecule has 0 unspecified atom stereocenters. The predicted molar refractivity (Wildman–Crippen MR) is 166 cm³/mol. The van der Waals surface area contributed by atoms with Gasteiger partial charge in [0.2, 0.25) is 0 Å². The third-order valence-electron chi connectivity index (χ3n) is 7.79. The lowest BCUT2D eigenvalue weighted by atomic mass is 9.77. The molecule has 0 aliphatic heterocycles. The molecule has 1 heterocycles. The minimum atomic E-state index is -4.80. The number of aromatic nitrogens is 3. The van der Waals surface area contributed by atoms with Gasteiger partial charge in [-0.25, -0.2) is 0 Å². The Morgan fingerprint density at radius 1 is 0.583 bits per heavy atom. The van der Waals surface area contributed by atoms with Gasteiger partial charge >= 0.3 is 12.4 Å². The van der Waals surface area contributed by atoms with Crippen molar-refractivity contribution >= 4 is 0 Å². The summed E-state index contributed by atoms with van der Waals surface area (Å²) in [6.07, 6.45) is -9.34. The number of nitriles is 1. The summed E-state index contributed by atoms with van der Waals surface area (Å²) in [7, 11) is 0. The first kappa shape index (κ1) is 32.1. The lowest BCUT2D eigenvalue weighted by Crippen LogP contribution is -2.39. The summed E-state index contributed by atoms with van der Waals surface area (Å²) < 4.78 is 87.1. The molecule has 0 N–H and O–H groups in total. The van der Waals surface area contributed by atoms with Crippen LogP contribution in [0.25, 0.3) is 11.3 Å². The van der Waals surface area contributed by atoms with Crippen molar-refractivity contribution in [2.75, 3.05) is 0 Å². The van der Waals surface area contributed by atoms with E-state index in [0.29, 0.717) is 5.56 Å². The average molecular weight is 655 g/mol. The van der Waals surface area contributed by atoms with Crippen molar-refractivity contribution in [1.29, 1.82) is 5.26 Å².